The molecule has 2 aromatic carbocycles. The molecule has 4 heteroatoms. The van der Waals surface area contributed by atoms with Crippen molar-refractivity contribution in [3.05, 3.63) is 54.1 Å². The number of nitrogens with one attached hydrogen (secondary N) is 2. The molecule has 0 aliphatic heterocycles. The molecule has 0 fully saturated rings. The van der Waals surface area contributed by atoms with Crippen LogP contribution in [0.5, 0.6) is 5.75 Å². The molecule has 2 rings (SSSR count). The van der Waals surface area contributed by atoms with Gasteiger partial charge in [-0.2, -0.15) is 0 Å². The first kappa shape index (κ1) is 13.0. The van der Waals surface area contributed by atoms with E-state index < -0.39 is 0 Å². The molecule has 0 aliphatic carbocycles. The van der Waals surface area contributed by atoms with Gasteiger partial charge < -0.3 is 15.4 Å². The SMILES string of the molecule is CNc1cccc(NC(=O)c2ccc(OC)cc2)c1. The zero-order valence-electron chi connectivity index (χ0n) is 10.9. The summed E-state index contributed by atoms with van der Waals surface area (Å²) in [5, 5.41) is 5.88. The normalized spacial score (nSPS) is 9.79. The molecule has 0 aliphatic rings. The van der Waals surface area contributed by atoms with E-state index in [2.05, 4.69) is 10.6 Å². The van der Waals surface area contributed by atoms with Gasteiger partial charge in [-0.3, -0.25) is 4.79 Å². The lowest BCUT2D eigenvalue weighted by Crippen LogP contribution is -2.11. The minimum Gasteiger partial charge on any atom is -0.497 e. The monoisotopic (exact) mass is 256 g/mol. The van der Waals surface area contributed by atoms with Crippen LogP contribution in [0.25, 0.3) is 0 Å². The van der Waals surface area contributed by atoms with E-state index >= 15 is 0 Å². The summed E-state index contributed by atoms with van der Waals surface area (Å²) in [4.78, 5) is 12.0. The maximum Gasteiger partial charge on any atom is 0.255 e. The van der Waals surface area contributed by atoms with Crippen molar-refractivity contribution >= 4 is 17.3 Å². The molecule has 0 heterocycles. The topological polar surface area (TPSA) is 50.4 Å². The van der Waals surface area contributed by atoms with Crippen LogP contribution < -0.4 is 15.4 Å². The quantitative estimate of drug-likeness (QED) is 0.884. The molecule has 0 bridgehead atoms. The Morgan fingerprint density at radius 1 is 1.05 bits per heavy atom. The Labute approximate surface area is 112 Å². The molecule has 0 saturated carbocycles. The minimum atomic E-state index is -0.143. The van der Waals surface area contributed by atoms with Crippen molar-refractivity contribution < 1.29 is 9.53 Å². The summed E-state index contributed by atoms with van der Waals surface area (Å²) < 4.78 is 5.06. The Morgan fingerprint density at radius 3 is 2.37 bits per heavy atom. The average Bonchev–Trinajstić information content (AvgIpc) is 2.47. The van der Waals surface area contributed by atoms with Crippen LogP contribution in [0.4, 0.5) is 11.4 Å². The second-order valence-electron chi connectivity index (χ2n) is 4.01. The van der Waals surface area contributed by atoms with E-state index in [1.54, 1.807) is 31.4 Å². The standard InChI is InChI=1S/C15H16N2O2/c1-16-12-4-3-5-13(10-12)17-15(18)11-6-8-14(19-2)9-7-11/h3-10,16H,1-2H3,(H,17,18). The van der Waals surface area contributed by atoms with Crippen molar-refractivity contribution in [2.75, 3.05) is 24.8 Å². The van der Waals surface area contributed by atoms with Gasteiger partial charge in [0, 0.05) is 24.0 Å². The lowest BCUT2D eigenvalue weighted by molar-refractivity contribution is 0.102. The molecule has 0 radical (unpaired) electrons. The molecule has 4 nitrogen and oxygen atoms in total. The van der Waals surface area contributed by atoms with E-state index in [0.29, 0.717) is 5.56 Å². The van der Waals surface area contributed by atoms with Crippen LogP contribution in [0.1, 0.15) is 10.4 Å². The third-order valence-corrected chi connectivity index (χ3v) is 2.76. The van der Waals surface area contributed by atoms with Crippen molar-refractivity contribution in [3.63, 3.8) is 0 Å². The van der Waals surface area contributed by atoms with Crippen molar-refractivity contribution in [3.8, 4) is 5.75 Å². The van der Waals surface area contributed by atoms with Crippen LogP contribution in [0.15, 0.2) is 48.5 Å². The van der Waals surface area contributed by atoms with Gasteiger partial charge in [0.05, 0.1) is 7.11 Å². The van der Waals surface area contributed by atoms with Gasteiger partial charge in [-0.1, -0.05) is 6.07 Å². The highest BCUT2D eigenvalue weighted by molar-refractivity contribution is 6.04. The maximum atomic E-state index is 12.0. The molecule has 0 spiro atoms. The average molecular weight is 256 g/mol. The Kier molecular flexibility index (Phi) is 4.03. The van der Waals surface area contributed by atoms with Crippen LogP contribution in [-0.4, -0.2) is 20.1 Å². The fourth-order valence-electron chi connectivity index (χ4n) is 1.70. The number of anilines is 2. The first-order valence-electron chi connectivity index (χ1n) is 5.96. The number of hydrogen-bond donors (Lipinski definition) is 2. The summed E-state index contributed by atoms with van der Waals surface area (Å²) in [5.74, 6) is 0.588. The molecule has 19 heavy (non-hydrogen) atoms. The van der Waals surface area contributed by atoms with E-state index in [0.717, 1.165) is 17.1 Å². The zero-order valence-corrected chi connectivity index (χ0v) is 10.9. The van der Waals surface area contributed by atoms with E-state index in [1.807, 2.05) is 31.3 Å². The third-order valence-electron chi connectivity index (χ3n) is 2.76. The highest BCUT2D eigenvalue weighted by Crippen LogP contribution is 2.16. The van der Waals surface area contributed by atoms with Crippen LogP contribution in [0.2, 0.25) is 0 Å². The zero-order chi connectivity index (χ0) is 13.7. The number of benzene rings is 2. The van der Waals surface area contributed by atoms with Crippen molar-refractivity contribution in [1.82, 2.24) is 0 Å². The number of ether oxygens (including phenoxy) is 1. The molecular formula is C15H16N2O2. The van der Waals surface area contributed by atoms with Crippen LogP contribution in [0.3, 0.4) is 0 Å². The van der Waals surface area contributed by atoms with Crippen molar-refractivity contribution in [1.29, 1.82) is 0 Å². The number of methoxy groups -OCH3 is 1. The number of rotatable bonds is 4. The molecule has 2 aromatic rings. The lowest BCUT2D eigenvalue weighted by atomic mass is 10.2. The molecule has 0 aromatic heterocycles. The highest BCUT2D eigenvalue weighted by atomic mass is 16.5. The number of amides is 1. The Morgan fingerprint density at radius 2 is 1.74 bits per heavy atom. The Hall–Kier alpha value is -2.49. The highest BCUT2D eigenvalue weighted by Gasteiger charge is 2.06. The summed E-state index contributed by atoms with van der Waals surface area (Å²) in [5.41, 5.74) is 2.30. The van der Waals surface area contributed by atoms with Gasteiger partial charge in [0.25, 0.3) is 5.91 Å². The van der Waals surface area contributed by atoms with E-state index in [-0.39, 0.29) is 5.91 Å². The summed E-state index contributed by atoms with van der Waals surface area (Å²) >= 11 is 0. The van der Waals surface area contributed by atoms with Gasteiger partial charge in [0.15, 0.2) is 0 Å². The van der Waals surface area contributed by atoms with Crippen molar-refractivity contribution in [2.24, 2.45) is 0 Å². The molecule has 0 atom stereocenters. The Bertz CT molecular complexity index is 565. The Balaban J connectivity index is 2.11. The first-order chi connectivity index (χ1) is 9.22. The molecule has 0 unspecified atom stereocenters. The largest absolute Gasteiger partial charge is 0.497 e. The fraction of sp³-hybridized carbons (Fsp3) is 0.133. The van der Waals surface area contributed by atoms with Gasteiger partial charge in [0.1, 0.15) is 5.75 Å². The number of carbonyl (C=O) groups is 1. The summed E-state index contributed by atoms with van der Waals surface area (Å²) in [6, 6.07) is 14.5. The maximum absolute atomic E-state index is 12.0. The smallest absolute Gasteiger partial charge is 0.255 e. The minimum absolute atomic E-state index is 0.143. The second kappa shape index (κ2) is 5.91. The van der Waals surface area contributed by atoms with E-state index in [4.69, 9.17) is 4.74 Å². The summed E-state index contributed by atoms with van der Waals surface area (Å²) in [6.07, 6.45) is 0. The predicted molar refractivity (Wildman–Crippen MR) is 76.9 cm³/mol. The van der Waals surface area contributed by atoms with Crippen molar-refractivity contribution in [2.45, 2.75) is 0 Å². The molecule has 0 saturated heterocycles. The summed E-state index contributed by atoms with van der Waals surface area (Å²) in [7, 11) is 3.43. The van der Waals surface area contributed by atoms with Crippen LogP contribution >= 0.6 is 0 Å². The van der Waals surface area contributed by atoms with Gasteiger partial charge in [-0.25, -0.2) is 0 Å². The molecule has 2 N–H and O–H groups in total. The molecule has 1 amide bonds. The predicted octanol–water partition coefficient (Wildman–Crippen LogP) is 2.99. The van der Waals surface area contributed by atoms with Gasteiger partial charge in [-0.15, -0.1) is 0 Å². The van der Waals surface area contributed by atoms with E-state index in [1.165, 1.54) is 0 Å². The van der Waals surface area contributed by atoms with Gasteiger partial charge in [-0.05, 0) is 42.5 Å². The van der Waals surface area contributed by atoms with E-state index in [9.17, 15) is 4.79 Å². The van der Waals surface area contributed by atoms with Crippen LogP contribution in [0, 0.1) is 0 Å². The van der Waals surface area contributed by atoms with Gasteiger partial charge >= 0.3 is 0 Å². The fourth-order valence-corrected chi connectivity index (χ4v) is 1.70. The number of hydrogen-bond acceptors (Lipinski definition) is 3. The van der Waals surface area contributed by atoms with Crippen LogP contribution in [-0.2, 0) is 0 Å². The third kappa shape index (κ3) is 3.25. The molecule has 98 valence electrons. The second-order valence-corrected chi connectivity index (χ2v) is 4.01. The number of carbonyl (C=O) groups excluding carboxylic acids is 1. The first-order valence-corrected chi connectivity index (χ1v) is 5.96. The molecular weight excluding hydrogens is 240 g/mol. The summed E-state index contributed by atoms with van der Waals surface area (Å²) in [6.45, 7) is 0. The lowest BCUT2D eigenvalue weighted by Gasteiger charge is -2.07. The van der Waals surface area contributed by atoms with Gasteiger partial charge in [0.2, 0.25) is 0 Å².